The topological polar surface area (TPSA) is 38.3 Å². The van der Waals surface area contributed by atoms with Gasteiger partial charge in [-0.1, -0.05) is 42.6 Å². The Balaban J connectivity index is 3.90. The van der Waals surface area contributed by atoms with E-state index in [0.717, 1.165) is 25.7 Å². The van der Waals surface area contributed by atoms with Gasteiger partial charge in [0, 0.05) is 19.6 Å². The number of carbonyl (C=O) groups is 1. The van der Waals surface area contributed by atoms with Crippen LogP contribution in [-0.4, -0.2) is 31.0 Å². The summed E-state index contributed by atoms with van der Waals surface area (Å²) in [6.07, 6.45) is 4.09. The molecule has 1 amide bonds. The second-order valence-corrected chi connectivity index (χ2v) is 5.37. The maximum absolute atomic E-state index is 11.9. The highest BCUT2D eigenvalue weighted by molar-refractivity contribution is 9.09. The molecule has 0 fully saturated rings. The molecule has 3 nitrogen and oxygen atoms in total. The normalized spacial score (nSPS) is 12.8. The van der Waals surface area contributed by atoms with E-state index in [4.69, 9.17) is 4.74 Å². The molecule has 0 saturated heterocycles. The molecule has 0 aliphatic carbocycles. The fraction of sp³-hybridized carbons (Fsp3) is 0.917. The van der Waals surface area contributed by atoms with Crippen LogP contribution in [0.4, 0.5) is 0 Å². The molecule has 0 saturated carbocycles. The smallest absolute Gasteiger partial charge is 0.223 e. The van der Waals surface area contributed by atoms with E-state index >= 15 is 0 Å². The zero-order valence-electron chi connectivity index (χ0n) is 10.6. The summed E-state index contributed by atoms with van der Waals surface area (Å²) in [4.78, 5) is 12.1. The third kappa shape index (κ3) is 7.23. The summed E-state index contributed by atoms with van der Waals surface area (Å²) >= 11 is 3.45. The first-order valence-electron chi connectivity index (χ1n) is 6.06. The van der Waals surface area contributed by atoms with Gasteiger partial charge in [-0.15, -0.1) is 0 Å². The van der Waals surface area contributed by atoms with Crippen LogP contribution in [0.5, 0.6) is 0 Å². The third-order valence-electron chi connectivity index (χ3n) is 2.49. The second-order valence-electron chi connectivity index (χ2n) is 4.07. The molecule has 0 spiro atoms. The summed E-state index contributed by atoms with van der Waals surface area (Å²) in [6, 6.07) is 0. The lowest BCUT2D eigenvalue weighted by molar-refractivity contribution is -0.125. The van der Waals surface area contributed by atoms with Crippen LogP contribution in [0.3, 0.4) is 0 Å². The average molecular weight is 294 g/mol. The summed E-state index contributed by atoms with van der Waals surface area (Å²) < 4.78 is 4.99. The van der Waals surface area contributed by atoms with Crippen molar-refractivity contribution in [3.63, 3.8) is 0 Å². The molecule has 0 heterocycles. The first-order valence-corrected chi connectivity index (χ1v) is 6.97. The fourth-order valence-electron chi connectivity index (χ4n) is 1.70. The van der Waals surface area contributed by atoms with E-state index in [9.17, 15) is 4.79 Å². The number of hydrogen-bond donors (Lipinski definition) is 1. The van der Waals surface area contributed by atoms with E-state index in [2.05, 4.69) is 35.1 Å². The van der Waals surface area contributed by atoms with Crippen LogP contribution < -0.4 is 5.32 Å². The van der Waals surface area contributed by atoms with Crippen molar-refractivity contribution in [3.8, 4) is 0 Å². The Morgan fingerprint density at radius 2 is 1.88 bits per heavy atom. The van der Waals surface area contributed by atoms with Crippen LogP contribution in [0.25, 0.3) is 0 Å². The van der Waals surface area contributed by atoms with Crippen LogP contribution in [-0.2, 0) is 9.53 Å². The molecule has 0 aliphatic rings. The van der Waals surface area contributed by atoms with E-state index < -0.39 is 0 Å². The lowest BCUT2D eigenvalue weighted by atomic mass is 9.97. The largest absolute Gasteiger partial charge is 0.383 e. The van der Waals surface area contributed by atoms with Crippen molar-refractivity contribution in [2.45, 2.75) is 44.4 Å². The molecule has 0 aromatic rings. The van der Waals surface area contributed by atoms with Gasteiger partial charge in [-0.25, -0.2) is 0 Å². The van der Waals surface area contributed by atoms with Crippen molar-refractivity contribution in [1.82, 2.24) is 5.32 Å². The quantitative estimate of drug-likeness (QED) is 0.664. The Kier molecular flexibility index (Phi) is 10.0. The number of hydrogen-bond acceptors (Lipinski definition) is 2. The first kappa shape index (κ1) is 15.9. The summed E-state index contributed by atoms with van der Waals surface area (Å²) in [6.45, 7) is 5.49. The third-order valence-corrected chi connectivity index (χ3v) is 3.08. The molecule has 1 N–H and O–H groups in total. The minimum absolute atomic E-state index is 0.178. The van der Waals surface area contributed by atoms with Gasteiger partial charge in [0.25, 0.3) is 0 Å². The first-order chi connectivity index (χ1) is 7.65. The van der Waals surface area contributed by atoms with Gasteiger partial charge in [0.2, 0.25) is 5.91 Å². The van der Waals surface area contributed by atoms with Gasteiger partial charge in [0.1, 0.15) is 0 Å². The standard InChI is InChI=1S/C12H24BrNO2/c1-4-6-10(7-5-2)12(15)14-8-11(13)9-16-3/h10-11H,4-9H2,1-3H3,(H,14,15). The highest BCUT2D eigenvalue weighted by atomic mass is 79.9. The molecular formula is C12H24BrNO2. The Labute approximate surface area is 107 Å². The van der Waals surface area contributed by atoms with Gasteiger partial charge in [-0.3, -0.25) is 4.79 Å². The van der Waals surface area contributed by atoms with E-state index in [0.29, 0.717) is 13.2 Å². The molecule has 96 valence electrons. The maximum Gasteiger partial charge on any atom is 0.223 e. The zero-order valence-corrected chi connectivity index (χ0v) is 12.2. The van der Waals surface area contributed by atoms with Crippen LogP contribution in [0, 0.1) is 5.92 Å². The molecule has 0 aromatic heterocycles. The van der Waals surface area contributed by atoms with Gasteiger partial charge in [0.15, 0.2) is 0 Å². The van der Waals surface area contributed by atoms with E-state index in [1.54, 1.807) is 7.11 Å². The summed E-state index contributed by atoms with van der Waals surface area (Å²) in [5, 5.41) is 2.97. The Bertz CT molecular complexity index is 182. The average Bonchev–Trinajstić information content (AvgIpc) is 2.26. The zero-order chi connectivity index (χ0) is 12.4. The number of amides is 1. The van der Waals surface area contributed by atoms with Gasteiger partial charge in [0.05, 0.1) is 11.4 Å². The minimum Gasteiger partial charge on any atom is -0.383 e. The van der Waals surface area contributed by atoms with Crippen molar-refractivity contribution < 1.29 is 9.53 Å². The fourth-order valence-corrected chi connectivity index (χ4v) is 2.13. The number of ether oxygens (including phenoxy) is 1. The number of halogens is 1. The summed E-state index contributed by atoms with van der Waals surface area (Å²) in [7, 11) is 1.66. The lowest BCUT2D eigenvalue weighted by Gasteiger charge is -2.16. The number of alkyl halides is 1. The molecule has 0 aliphatic heterocycles. The van der Waals surface area contributed by atoms with E-state index in [1.807, 2.05) is 0 Å². The van der Waals surface area contributed by atoms with Gasteiger partial charge in [-0.2, -0.15) is 0 Å². The summed E-state index contributed by atoms with van der Waals surface area (Å²) in [5.41, 5.74) is 0. The number of nitrogens with one attached hydrogen (secondary N) is 1. The molecule has 0 rings (SSSR count). The number of rotatable bonds is 9. The Morgan fingerprint density at radius 1 is 1.31 bits per heavy atom. The highest BCUT2D eigenvalue weighted by Gasteiger charge is 2.16. The Morgan fingerprint density at radius 3 is 2.31 bits per heavy atom. The van der Waals surface area contributed by atoms with Crippen LogP contribution in [0.15, 0.2) is 0 Å². The van der Waals surface area contributed by atoms with Crippen LogP contribution >= 0.6 is 15.9 Å². The minimum atomic E-state index is 0.178. The molecule has 1 unspecified atom stereocenters. The SMILES string of the molecule is CCCC(CCC)C(=O)NCC(Br)COC. The van der Waals surface area contributed by atoms with Crippen molar-refractivity contribution >= 4 is 21.8 Å². The maximum atomic E-state index is 11.9. The highest BCUT2D eigenvalue weighted by Crippen LogP contribution is 2.13. The summed E-state index contributed by atoms with van der Waals surface area (Å²) in [5.74, 6) is 0.362. The van der Waals surface area contributed by atoms with E-state index in [-0.39, 0.29) is 16.7 Å². The molecular weight excluding hydrogens is 270 g/mol. The van der Waals surface area contributed by atoms with Gasteiger partial charge in [-0.05, 0) is 12.8 Å². The van der Waals surface area contributed by atoms with Crippen LogP contribution in [0.2, 0.25) is 0 Å². The molecule has 0 aromatic carbocycles. The predicted octanol–water partition coefficient (Wildman–Crippen LogP) is 2.73. The van der Waals surface area contributed by atoms with Crippen LogP contribution in [0.1, 0.15) is 39.5 Å². The lowest BCUT2D eigenvalue weighted by Crippen LogP contribution is -2.35. The van der Waals surface area contributed by atoms with Gasteiger partial charge >= 0.3 is 0 Å². The predicted molar refractivity (Wildman–Crippen MR) is 70.9 cm³/mol. The molecule has 4 heteroatoms. The monoisotopic (exact) mass is 293 g/mol. The van der Waals surface area contributed by atoms with Crippen molar-refractivity contribution in [2.24, 2.45) is 5.92 Å². The van der Waals surface area contributed by atoms with Crippen molar-refractivity contribution in [1.29, 1.82) is 0 Å². The van der Waals surface area contributed by atoms with E-state index in [1.165, 1.54) is 0 Å². The molecule has 1 atom stereocenters. The molecule has 0 radical (unpaired) electrons. The number of methoxy groups -OCH3 is 1. The molecule has 0 bridgehead atoms. The van der Waals surface area contributed by atoms with Gasteiger partial charge < -0.3 is 10.1 Å². The van der Waals surface area contributed by atoms with Crippen molar-refractivity contribution in [3.05, 3.63) is 0 Å². The van der Waals surface area contributed by atoms with Crippen molar-refractivity contribution in [2.75, 3.05) is 20.3 Å². The molecule has 16 heavy (non-hydrogen) atoms. The number of carbonyl (C=O) groups excluding carboxylic acids is 1. The Hall–Kier alpha value is -0.0900. The second kappa shape index (κ2) is 10.1.